The highest BCUT2D eigenvalue weighted by molar-refractivity contribution is 7.99. The first-order chi connectivity index (χ1) is 17.1. The van der Waals surface area contributed by atoms with Gasteiger partial charge in [-0.15, -0.1) is 10.2 Å². The van der Waals surface area contributed by atoms with Crippen molar-refractivity contribution in [2.24, 2.45) is 0 Å². The van der Waals surface area contributed by atoms with E-state index in [0.29, 0.717) is 11.7 Å². The van der Waals surface area contributed by atoms with Crippen LogP contribution in [0.25, 0.3) is 11.4 Å². The number of imide groups is 1. The number of thioether (sulfide) groups is 1. The molecule has 0 spiro atoms. The lowest BCUT2D eigenvalue weighted by Gasteiger charge is -2.22. The van der Waals surface area contributed by atoms with Crippen LogP contribution in [-0.2, 0) is 17.8 Å². The molecule has 184 valence electrons. The number of benzene rings is 2. The number of aromatic nitrogens is 3. The monoisotopic (exact) mass is 493 g/mol. The molecule has 0 atom stereocenters. The maximum atomic E-state index is 12.4. The zero-order valence-electron chi connectivity index (χ0n) is 19.9. The molecule has 0 saturated heterocycles. The lowest BCUT2D eigenvalue weighted by atomic mass is 9.96. The highest BCUT2D eigenvalue weighted by Crippen LogP contribution is 2.26. The topological polar surface area (TPSA) is 98.1 Å². The molecule has 1 heterocycles. The van der Waals surface area contributed by atoms with Gasteiger partial charge in [0, 0.05) is 18.2 Å². The van der Waals surface area contributed by atoms with Gasteiger partial charge in [-0.2, -0.15) is 0 Å². The largest absolute Gasteiger partial charge is 0.497 e. The Hall–Kier alpha value is -3.33. The van der Waals surface area contributed by atoms with Crippen LogP contribution in [0.4, 0.5) is 4.79 Å². The van der Waals surface area contributed by atoms with Gasteiger partial charge >= 0.3 is 6.03 Å². The summed E-state index contributed by atoms with van der Waals surface area (Å²) in [6.07, 6.45) is 6.17. The molecule has 0 unspecified atom stereocenters. The molecular weight excluding hydrogens is 462 g/mol. The van der Waals surface area contributed by atoms with E-state index < -0.39 is 6.03 Å². The third kappa shape index (κ3) is 7.08. The molecule has 0 radical (unpaired) electrons. The second kappa shape index (κ2) is 12.4. The van der Waals surface area contributed by atoms with Crippen LogP contribution >= 0.6 is 11.8 Å². The molecular formula is C26H31N5O3S. The van der Waals surface area contributed by atoms with Crippen LogP contribution in [0.1, 0.15) is 37.7 Å². The number of nitrogens with zero attached hydrogens (tertiary/aromatic N) is 3. The maximum absolute atomic E-state index is 12.4. The first-order valence-corrected chi connectivity index (χ1v) is 13.0. The Morgan fingerprint density at radius 3 is 2.49 bits per heavy atom. The number of carbonyl (C=O) groups excluding carboxylic acids is 2. The number of rotatable bonds is 9. The van der Waals surface area contributed by atoms with Crippen molar-refractivity contribution in [1.29, 1.82) is 0 Å². The van der Waals surface area contributed by atoms with Gasteiger partial charge < -0.3 is 14.6 Å². The van der Waals surface area contributed by atoms with Crippen molar-refractivity contribution in [2.75, 3.05) is 12.9 Å². The summed E-state index contributed by atoms with van der Waals surface area (Å²) in [5, 5.41) is 14.8. The third-order valence-corrected chi connectivity index (χ3v) is 7.02. The van der Waals surface area contributed by atoms with Gasteiger partial charge in [0.15, 0.2) is 11.0 Å². The van der Waals surface area contributed by atoms with E-state index in [1.165, 1.54) is 23.7 Å². The first kappa shape index (κ1) is 24.8. The van der Waals surface area contributed by atoms with Gasteiger partial charge in [0.2, 0.25) is 5.91 Å². The Morgan fingerprint density at radius 1 is 1.03 bits per heavy atom. The summed E-state index contributed by atoms with van der Waals surface area (Å²) < 4.78 is 7.29. The number of nitrogens with one attached hydrogen (secondary N) is 2. The number of methoxy groups -OCH3 is 1. The summed E-state index contributed by atoms with van der Waals surface area (Å²) >= 11 is 1.27. The molecule has 1 fully saturated rings. The fraction of sp³-hybridized carbons (Fsp3) is 0.385. The van der Waals surface area contributed by atoms with Crippen LogP contribution in [0.5, 0.6) is 5.75 Å². The fourth-order valence-electron chi connectivity index (χ4n) is 4.20. The average molecular weight is 494 g/mol. The molecule has 2 aromatic carbocycles. The zero-order chi connectivity index (χ0) is 24.5. The Kier molecular flexibility index (Phi) is 8.78. The SMILES string of the molecule is COc1ccc(-c2nnc(SCC(=O)NC(=O)NC3CCCCC3)n2CCc2ccccc2)cc1. The van der Waals surface area contributed by atoms with Crippen LogP contribution in [0, 0.1) is 0 Å². The Balaban J connectivity index is 1.42. The van der Waals surface area contributed by atoms with E-state index >= 15 is 0 Å². The zero-order valence-corrected chi connectivity index (χ0v) is 20.7. The number of carbonyl (C=O) groups is 2. The summed E-state index contributed by atoms with van der Waals surface area (Å²) in [5.74, 6) is 1.21. The van der Waals surface area contributed by atoms with Crippen LogP contribution < -0.4 is 15.4 Å². The van der Waals surface area contributed by atoms with Crippen molar-refractivity contribution >= 4 is 23.7 Å². The average Bonchev–Trinajstić information content (AvgIpc) is 3.30. The second-order valence-electron chi connectivity index (χ2n) is 8.57. The number of urea groups is 1. The van der Waals surface area contributed by atoms with E-state index in [1.54, 1.807) is 7.11 Å². The Labute approximate surface area is 209 Å². The fourth-order valence-corrected chi connectivity index (χ4v) is 4.96. The summed E-state index contributed by atoms with van der Waals surface area (Å²) in [5.41, 5.74) is 2.12. The van der Waals surface area contributed by atoms with Gasteiger partial charge in [-0.05, 0) is 49.1 Å². The van der Waals surface area contributed by atoms with Crippen LogP contribution in [0.15, 0.2) is 59.8 Å². The minimum Gasteiger partial charge on any atom is -0.497 e. The number of ether oxygens (including phenoxy) is 1. The summed E-state index contributed by atoms with van der Waals surface area (Å²) in [4.78, 5) is 24.6. The maximum Gasteiger partial charge on any atom is 0.321 e. The Bertz CT molecular complexity index is 1110. The summed E-state index contributed by atoms with van der Waals surface area (Å²) in [6, 6.07) is 17.6. The van der Waals surface area contributed by atoms with Crippen molar-refractivity contribution in [3.8, 4) is 17.1 Å². The highest BCUT2D eigenvalue weighted by Gasteiger charge is 2.19. The molecule has 0 aliphatic heterocycles. The summed E-state index contributed by atoms with van der Waals surface area (Å²) in [6.45, 7) is 0.657. The number of aryl methyl sites for hydroxylation is 1. The molecule has 1 aliphatic carbocycles. The van der Waals surface area contributed by atoms with Gasteiger partial charge in [-0.25, -0.2) is 4.79 Å². The van der Waals surface area contributed by atoms with Crippen molar-refractivity contribution < 1.29 is 14.3 Å². The van der Waals surface area contributed by atoms with Gasteiger partial charge in [-0.1, -0.05) is 61.4 Å². The van der Waals surface area contributed by atoms with Crippen LogP contribution in [0.3, 0.4) is 0 Å². The third-order valence-electron chi connectivity index (χ3n) is 6.06. The number of hydrogen-bond donors (Lipinski definition) is 2. The normalized spacial score (nSPS) is 13.9. The molecule has 4 rings (SSSR count). The summed E-state index contributed by atoms with van der Waals surface area (Å²) in [7, 11) is 1.63. The standard InChI is InChI=1S/C26H31N5O3S/c1-34-22-14-12-20(13-15-22)24-29-30-26(31(24)17-16-19-8-4-2-5-9-19)35-18-23(32)28-25(33)27-21-10-6-3-7-11-21/h2,4-5,8-9,12-15,21H,3,6-7,10-11,16-18H2,1H3,(H2,27,28,32,33). The van der Waals surface area contributed by atoms with E-state index in [9.17, 15) is 9.59 Å². The quantitative estimate of drug-likeness (QED) is 0.428. The molecule has 1 aliphatic rings. The number of amides is 3. The van der Waals surface area contributed by atoms with E-state index in [0.717, 1.165) is 49.2 Å². The predicted octanol–water partition coefficient (Wildman–Crippen LogP) is 4.45. The first-order valence-electron chi connectivity index (χ1n) is 12.0. The van der Waals surface area contributed by atoms with Gasteiger partial charge in [0.1, 0.15) is 5.75 Å². The lowest BCUT2D eigenvalue weighted by molar-refractivity contribution is -0.117. The molecule has 3 amide bonds. The highest BCUT2D eigenvalue weighted by atomic mass is 32.2. The molecule has 9 heteroatoms. The molecule has 35 heavy (non-hydrogen) atoms. The molecule has 0 bridgehead atoms. The van der Waals surface area contributed by atoms with Gasteiger partial charge in [0.05, 0.1) is 12.9 Å². The van der Waals surface area contributed by atoms with E-state index in [2.05, 4.69) is 33.0 Å². The van der Waals surface area contributed by atoms with Gasteiger partial charge in [-0.3, -0.25) is 10.1 Å². The van der Waals surface area contributed by atoms with E-state index in [-0.39, 0.29) is 17.7 Å². The van der Waals surface area contributed by atoms with Crippen molar-refractivity contribution in [3.05, 3.63) is 60.2 Å². The molecule has 2 N–H and O–H groups in total. The lowest BCUT2D eigenvalue weighted by Crippen LogP contribution is -2.45. The Morgan fingerprint density at radius 2 is 1.77 bits per heavy atom. The predicted molar refractivity (Wildman–Crippen MR) is 136 cm³/mol. The van der Waals surface area contributed by atoms with Crippen LogP contribution in [-0.4, -0.2) is 45.6 Å². The number of hydrogen-bond acceptors (Lipinski definition) is 6. The molecule has 3 aromatic rings. The van der Waals surface area contributed by atoms with Gasteiger partial charge in [0.25, 0.3) is 0 Å². The van der Waals surface area contributed by atoms with E-state index in [4.69, 9.17) is 4.74 Å². The smallest absolute Gasteiger partial charge is 0.321 e. The molecule has 1 saturated carbocycles. The minimum absolute atomic E-state index is 0.0736. The molecule has 8 nitrogen and oxygen atoms in total. The molecule has 1 aromatic heterocycles. The van der Waals surface area contributed by atoms with Crippen molar-refractivity contribution in [3.63, 3.8) is 0 Å². The van der Waals surface area contributed by atoms with E-state index in [1.807, 2.05) is 47.0 Å². The van der Waals surface area contributed by atoms with Crippen molar-refractivity contribution in [1.82, 2.24) is 25.4 Å². The second-order valence-corrected chi connectivity index (χ2v) is 9.51. The van der Waals surface area contributed by atoms with Crippen LogP contribution in [0.2, 0.25) is 0 Å². The van der Waals surface area contributed by atoms with Crippen molar-refractivity contribution in [2.45, 2.75) is 56.3 Å². The minimum atomic E-state index is -0.424.